The lowest BCUT2D eigenvalue weighted by Crippen LogP contribution is -2.48. The number of sulfonamides is 1. The summed E-state index contributed by atoms with van der Waals surface area (Å²) in [5.41, 5.74) is 0. The maximum absolute atomic E-state index is 11.5. The van der Waals surface area contributed by atoms with E-state index in [2.05, 4.69) is 10.0 Å². The molecule has 1 heterocycles. The molecule has 0 aromatic carbocycles. The Bertz CT molecular complexity index is 307. The van der Waals surface area contributed by atoms with Crippen LogP contribution in [0, 0.1) is 0 Å². The van der Waals surface area contributed by atoms with Gasteiger partial charge in [-0.25, -0.2) is 8.42 Å². The normalized spacial score (nSPS) is 22.3. The van der Waals surface area contributed by atoms with Crippen LogP contribution in [0.2, 0.25) is 0 Å². The van der Waals surface area contributed by atoms with Gasteiger partial charge < -0.3 is 5.32 Å². The van der Waals surface area contributed by atoms with Crippen LogP contribution in [0.15, 0.2) is 0 Å². The molecular weight excluding hydrogens is 216 g/mol. The Kier molecular flexibility index (Phi) is 4.53. The van der Waals surface area contributed by atoms with Gasteiger partial charge in [-0.15, -0.1) is 0 Å². The van der Waals surface area contributed by atoms with Crippen LogP contribution >= 0.6 is 0 Å². The van der Waals surface area contributed by atoms with E-state index in [1.54, 1.807) is 6.92 Å². The summed E-state index contributed by atoms with van der Waals surface area (Å²) < 4.78 is 24.7. The van der Waals surface area contributed by atoms with E-state index in [-0.39, 0.29) is 11.8 Å². The first-order valence-electron chi connectivity index (χ1n) is 5.33. The maximum atomic E-state index is 11.5. The number of amides is 1. The van der Waals surface area contributed by atoms with Gasteiger partial charge in [0.15, 0.2) is 0 Å². The minimum atomic E-state index is -3.42. The molecule has 0 aliphatic carbocycles. The Morgan fingerprint density at radius 2 is 2.20 bits per heavy atom. The molecule has 15 heavy (non-hydrogen) atoms. The van der Waals surface area contributed by atoms with Crippen LogP contribution in [-0.4, -0.2) is 32.7 Å². The zero-order chi connectivity index (χ0) is 11.3. The zero-order valence-electron chi connectivity index (χ0n) is 8.95. The molecule has 1 rings (SSSR count). The summed E-state index contributed by atoms with van der Waals surface area (Å²) in [6, 6.07) is -0.342. The minimum absolute atomic E-state index is 0.00542. The molecule has 0 radical (unpaired) electrons. The van der Waals surface area contributed by atoms with Crippen molar-refractivity contribution in [1.82, 2.24) is 10.0 Å². The first-order valence-corrected chi connectivity index (χ1v) is 6.98. The van der Waals surface area contributed by atoms with E-state index in [4.69, 9.17) is 0 Å². The van der Waals surface area contributed by atoms with Crippen molar-refractivity contribution in [2.45, 2.75) is 38.6 Å². The van der Waals surface area contributed by atoms with E-state index in [9.17, 15) is 13.2 Å². The fourth-order valence-corrected chi connectivity index (χ4v) is 2.71. The number of hydrogen-bond donors (Lipinski definition) is 2. The van der Waals surface area contributed by atoms with E-state index in [1.807, 2.05) is 0 Å². The summed E-state index contributed by atoms with van der Waals surface area (Å²) in [4.78, 5) is 11.5. The first kappa shape index (κ1) is 12.4. The van der Waals surface area contributed by atoms with Crippen LogP contribution in [-0.2, 0) is 14.8 Å². The number of hydrogen-bond acceptors (Lipinski definition) is 4. The topological polar surface area (TPSA) is 75.3 Å². The predicted molar refractivity (Wildman–Crippen MR) is 57.9 cm³/mol. The number of nitrogens with one attached hydrogen (secondary N) is 2. The average Bonchev–Trinajstić information content (AvgIpc) is 2.18. The second-order valence-corrected chi connectivity index (χ2v) is 5.63. The summed E-state index contributed by atoms with van der Waals surface area (Å²) in [6.45, 7) is 2.55. The number of piperidine rings is 1. The largest absolute Gasteiger partial charge is 0.306 e. The molecule has 0 spiro atoms. The van der Waals surface area contributed by atoms with Gasteiger partial charge >= 0.3 is 0 Å². The number of carbonyl (C=O) groups is 1. The summed E-state index contributed by atoms with van der Waals surface area (Å²) in [5, 5.41) is 3.01. The van der Waals surface area contributed by atoms with Gasteiger partial charge in [-0.05, 0) is 25.8 Å². The second kappa shape index (κ2) is 5.46. The van der Waals surface area contributed by atoms with E-state index in [0.29, 0.717) is 12.8 Å². The lowest BCUT2D eigenvalue weighted by atomic mass is 10.1. The molecule has 5 nitrogen and oxygen atoms in total. The molecule has 1 aliphatic heterocycles. The van der Waals surface area contributed by atoms with Crippen LogP contribution in [0.1, 0.15) is 32.6 Å². The van der Waals surface area contributed by atoms with Crippen molar-refractivity contribution in [2.75, 3.05) is 12.3 Å². The summed E-state index contributed by atoms with van der Waals surface area (Å²) in [5.74, 6) is -0.408. The van der Waals surface area contributed by atoms with Crippen molar-refractivity contribution in [3.63, 3.8) is 0 Å². The maximum Gasteiger partial charge on any atom is 0.250 e. The van der Waals surface area contributed by atoms with Gasteiger partial charge in [0, 0.05) is 0 Å². The molecule has 0 aromatic rings. The molecule has 0 saturated carbocycles. The quantitative estimate of drug-likeness (QED) is 0.717. The standard InChI is InChI=1S/C9H18N2O3S/c1-2-7-15(13,14)11-9(12)8-5-3-4-6-10-8/h8,10H,2-7H2,1H3,(H,11,12). The molecule has 1 aliphatic rings. The highest BCUT2D eigenvalue weighted by Crippen LogP contribution is 2.07. The van der Waals surface area contributed by atoms with Gasteiger partial charge in [0.1, 0.15) is 0 Å². The monoisotopic (exact) mass is 234 g/mol. The van der Waals surface area contributed by atoms with Crippen LogP contribution < -0.4 is 10.0 Å². The highest BCUT2D eigenvalue weighted by Gasteiger charge is 2.23. The second-order valence-electron chi connectivity index (χ2n) is 3.79. The summed E-state index contributed by atoms with van der Waals surface area (Å²) in [7, 11) is -3.42. The van der Waals surface area contributed by atoms with Gasteiger partial charge in [0.2, 0.25) is 10.0 Å². The summed E-state index contributed by atoms with van der Waals surface area (Å²) in [6.07, 6.45) is 3.25. The highest BCUT2D eigenvalue weighted by molar-refractivity contribution is 7.90. The Hall–Kier alpha value is -0.620. The molecular formula is C9H18N2O3S. The van der Waals surface area contributed by atoms with E-state index in [0.717, 1.165) is 19.4 Å². The highest BCUT2D eigenvalue weighted by atomic mass is 32.2. The van der Waals surface area contributed by atoms with Crippen LogP contribution in [0.3, 0.4) is 0 Å². The smallest absolute Gasteiger partial charge is 0.250 e. The minimum Gasteiger partial charge on any atom is -0.306 e. The van der Waals surface area contributed by atoms with Crippen molar-refractivity contribution in [3.8, 4) is 0 Å². The third-order valence-corrected chi connectivity index (χ3v) is 3.81. The molecule has 1 fully saturated rings. The van der Waals surface area contributed by atoms with Gasteiger partial charge in [-0.1, -0.05) is 13.3 Å². The van der Waals surface area contributed by atoms with E-state index < -0.39 is 15.9 Å². The van der Waals surface area contributed by atoms with Crippen molar-refractivity contribution in [2.24, 2.45) is 0 Å². The lowest BCUT2D eigenvalue weighted by Gasteiger charge is -2.22. The van der Waals surface area contributed by atoms with Crippen LogP contribution in [0.4, 0.5) is 0 Å². The average molecular weight is 234 g/mol. The molecule has 1 unspecified atom stereocenters. The third-order valence-electron chi connectivity index (χ3n) is 2.36. The van der Waals surface area contributed by atoms with E-state index >= 15 is 0 Å². The molecule has 88 valence electrons. The Labute approximate surface area is 90.7 Å². The Balaban J connectivity index is 2.47. The Morgan fingerprint density at radius 1 is 1.47 bits per heavy atom. The van der Waals surface area contributed by atoms with E-state index in [1.165, 1.54) is 0 Å². The van der Waals surface area contributed by atoms with Gasteiger partial charge in [-0.2, -0.15) is 0 Å². The van der Waals surface area contributed by atoms with Crippen molar-refractivity contribution >= 4 is 15.9 Å². The first-order chi connectivity index (χ1) is 7.05. The molecule has 1 atom stereocenters. The van der Waals surface area contributed by atoms with Crippen LogP contribution in [0.25, 0.3) is 0 Å². The molecule has 2 N–H and O–H groups in total. The molecule has 0 bridgehead atoms. The fraction of sp³-hybridized carbons (Fsp3) is 0.889. The van der Waals surface area contributed by atoms with Crippen molar-refractivity contribution in [1.29, 1.82) is 0 Å². The zero-order valence-corrected chi connectivity index (χ0v) is 9.77. The molecule has 1 amide bonds. The SMILES string of the molecule is CCCS(=O)(=O)NC(=O)C1CCCCN1. The number of rotatable bonds is 4. The van der Waals surface area contributed by atoms with Crippen molar-refractivity contribution < 1.29 is 13.2 Å². The number of carbonyl (C=O) groups excluding carboxylic acids is 1. The lowest BCUT2D eigenvalue weighted by molar-refractivity contribution is -0.121. The van der Waals surface area contributed by atoms with Crippen LogP contribution in [0.5, 0.6) is 0 Å². The Morgan fingerprint density at radius 3 is 2.73 bits per heavy atom. The molecule has 0 aromatic heterocycles. The van der Waals surface area contributed by atoms with Gasteiger partial charge in [-0.3, -0.25) is 9.52 Å². The third kappa shape index (κ3) is 4.17. The molecule has 6 heteroatoms. The van der Waals surface area contributed by atoms with Gasteiger partial charge in [0.05, 0.1) is 11.8 Å². The van der Waals surface area contributed by atoms with Gasteiger partial charge in [0.25, 0.3) is 5.91 Å². The van der Waals surface area contributed by atoms with Crippen molar-refractivity contribution in [3.05, 3.63) is 0 Å². The molecule has 1 saturated heterocycles. The summed E-state index contributed by atoms with van der Waals surface area (Å²) >= 11 is 0. The predicted octanol–water partition coefficient (Wildman–Crippen LogP) is -0.0155. The fourth-order valence-electron chi connectivity index (χ4n) is 1.62.